The van der Waals surface area contributed by atoms with Gasteiger partial charge in [0, 0.05) is 5.56 Å². The second kappa shape index (κ2) is 8.96. The van der Waals surface area contributed by atoms with Crippen LogP contribution < -0.4 is 10.0 Å². The Kier molecular flexibility index (Phi) is 6.26. The van der Waals surface area contributed by atoms with Crippen molar-refractivity contribution in [3.63, 3.8) is 0 Å². The molecule has 3 aromatic rings. The van der Waals surface area contributed by atoms with E-state index in [0.717, 1.165) is 36.0 Å². The van der Waals surface area contributed by atoms with Crippen molar-refractivity contribution in [2.75, 3.05) is 4.72 Å². The molecule has 5 nitrogen and oxygen atoms in total. The molecule has 4 rings (SSSR count). The lowest BCUT2D eigenvalue weighted by Gasteiger charge is -2.26. The number of carbonyl (C=O) groups is 1. The average Bonchev–Trinajstić information content (AvgIpc) is 2.77. The summed E-state index contributed by atoms with van der Waals surface area (Å²) in [6.07, 6.45) is 2.83. The van der Waals surface area contributed by atoms with Crippen LogP contribution in [0.25, 0.3) is 0 Å². The van der Waals surface area contributed by atoms with Crippen molar-refractivity contribution < 1.29 is 13.2 Å². The molecule has 1 amide bonds. The monoisotopic (exact) mass is 468 g/mol. The van der Waals surface area contributed by atoms with Crippen molar-refractivity contribution >= 4 is 33.2 Å². The normalized spacial score (nSPS) is 15.7. The van der Waals surface area contributed by atoms with Crippen LogP contribution in [0.4, 0.5) is 5.69 Å². The van der Waals surface area contributed by atoms with Gasteiger partial charge in [-0.05, 0) is 79.6 Å². The van der Waals surface area contributed by atoms with E-state index < -0.39 is 10.0 Å². The molecule has 0 aromatic heterocycles. The zero-order valence-corrected chi connectivity index (χ0v) is 19.6. The molecule has 0 saturated carbocycles. The molecule has 1 aliphatic rings. The van der Waals surface area contributed by atoms with Crippen LogP contribution in [-0.4, -0.2) is 14.3 Å². The Bertz CT molecular complexity index is 1290. The third kappa shape index (κ3) is 4.52. The van der Waals surface area contributed by atoms with Gasteiger partial charge in [0.05, 0.1) is 16.8 Å². The number of anilines is 1. The highest BCUT2D eigenvalue weighted by molar-refractivity contribution is 7.92. The summed E-state index contributed by atoms with van der Waals surface area (Å²) in [4.78, 5) is 12.9. The summed E-state index contributed by atoms with van der Waals surface area (Å²) in [7, 11) is -3.98. The molecule has 0 aliphatic heterocycles. The predicted octanol–water partition coefficient (Wildman–Crippen LogP) is 5.57. The molecule has 7 heteroatoms. The number of hydrogen-bond donors (Lipinski definition) is 2. The maximum absolute atomic E-state index is 13.1. The summed E-state index contributed by atoms with van der Waals surface area (Å²) >= 11 is 6.23. The van der Waals surface area contributed by atoms with Gasteiger partial charge in [0.25, 0.3) is 15.9 Å². The van der Waals surface area contributed by atoms with Gasteiger partial charge in [-0.25, -0.2) is 8.42 Å². The molecule has 0 heterocycles. The third-order valence-electron chi connectivity index (χ3n) is 6.01. The molecule has 0 bridgehead atoms. The van der Waals surface area contributed by atoms with E-state index >= 15 is 0 Å². The molecule has 0 radical (unpaired) electrons. The van der Waals surface area contributed by atoms with Crippen molar-refractivity contribution in [1.29, 1.82) is 0 Å². The van der Waals surface area contributed by atoms with Crippen LogP contribution in [0, 0.1) is 13.8 Å². The van der Waals surface area contributed by atoms with E-state index in [1.807, 2.05) is 38.1 Å². The Morgan fingerprint density at radius 3 is 2.62 bits per heavy atom. The molecule has 1 atom stereocenters. The standard InChI is InChI=1S/C25H25ClN2O3S/c1-16-7-5-11-22(17(16)2)28-32(30,31)24-15-19(13-14-21(24)26)25(29)27-23-12-6-9-18-8-3-4-10-20(18)23/h3-5,7-8,10-11,13-15,23,28H,6,9,12H2,1-2H3,(H,27,29)/t23-/m1/s1. The summed E-state index contributed by atoms with van der Waals surface area (Å²) in [6, 6.07) is 17.7. The van der Waals surface area contributed by atoms with Crippen LogP contribution >= 0.6 is 11.6 Å². The van der Waals surface area contributed by atoms with Gasteiger partial charge in [0.2, 0.25) is 0 Å². The van der Waals surface area contributed by atoms with E-state index in [1.54, 1.807) is 18.2 Å². The minimum atomic E-state index is -3.98. The second-order valence-corrected chi connectivity index (χ2v) is 10.2. The fourth-order valence-corrected chi connectivity index (χ4v) is 5.71. The van der Waals surface area contributed by atoms with Crippen molar-refractivity contribution in [3.05, 3.63) is 93.5 Å². The Morgan fingerprint density at radius 2 is 1.81 bits per heavy atom. The van der Waals surface area contributed by atoms with Crippen LogP contribution in [0.2, 0.25) is 5.02 Å². The van der Waals surface area contributed by atoms with Crippen LogP contribution in [0.5, 0.6) is 0 Å². The second-order valence-electron chi connectivity index (χ2n) is 8.12. The number of benzene rings is 3. The number of hydrogen-bond acceptors (Lipinski definition) is 3. The third-order valence-corrected chi connectivity index (χ3v) is 7.85. The van der Waals surface area contributed by atoms with Gasteiger partial charge in [-0.1, -0.05) is 48.0 Å². The van der Waals surface area contributed by atoms with E-state index in [2.05, 4.69) is 16.1 Å². The van der Waals surface area contributed by atoms with E-state index in [4.69, 9.17) is 11.6 Å². The van der Waals surface area contributed by atoms with Crippen molar-refractivity contribution in [2.45, 2.75) is 44.0 Å². The molecule has 0 unspecified atom stereocenters. The molecule has 0 spiro atoms. The molecule has 2 N–H and O–H groups in total. The van der Waals surface area contributed by atoms with Gasteiger partial charge in [-0.15, -0.1) is 0 Å². The van der Waals surface area contributed by atoms with Gasteiger partial charge in [0.1, 0.15) is 4.90 Å². The molecule has 0 saturated heterocycles. The van der Waals surface area contributed by atoms with E-state index in [0.29, 0.717) is 5.69 Å². The van der Waals surface area contributed by atoms with E-state index in [1.165, 1.54) is 17.7 Å². The fourth-order valence-electron chi connectivity index (χ4n) is 4.06. The zero-order valence-electron chi connectivity index (χ0n) is 18.0. The maximum atomic E-state index is 13.1. The van der Waals surface area contributed by atoms with Crippen LogP contribution in [0.1, 0.15) is 51.5 Å². The van der Waals surface area contributed by atoms with Gasteiger partial charge in [-0.3, -0.25) is 9.52 Å². The number of aryl methyl sites for hydroxylation is 2. The fraction of sp³-hybridized carbons (Fsp3) is 0.240. The van der Waals surface area contributed by atoms with Crippen molar-refractivity contribution in [1.82, 2.24) is 5.32 Å². The number of nitrogens with one attached hydrogen (secondary N) is 2. The highest BCUT2D eigenvalue weighted by atomic mass is 35.5. The van der Waals surface area contributed by atoms with Gasteiger partial charge < -0.3 is 5.32 Å². The minimum absolute atomic E-state index is 0.0577. The zero-order chi connectivity index (χ0) is 22.9. The predicted molar refractivity (Wildman–Crippen MR) is 128 cm³/mol. The van der Waals surface area contributed by atoms with Gasteiger partial charge >= 0.3 is 0 Å². The van der Waals surface area contributed by atoms with Crippen LogP contribution in [-0.2, 0) is 16.4 Å². The lowest BCUT2D eigenvalue weighted by Crippen LogP contribution is -2.31. The van der Waals surface area contributed by atoms with Crippen molar-refractivity contribution in [2.24, 2.45) is 0 Å². The van der Waals surface area contributed by atoms with E-state index in [9.17, 15) is 13.2 Å². The number of halogens is 1. The lowest BCUT2D eigenvalue weighted by molar-refractivity contribution is 0.0932. The number of sulfonamides is 1. The van der Waals surface area contributed by atoms with E-state index in [-0.39, 0.29) is 27.4 Å². The minimum Gasteiger partial charge on any atom is -0.345 e. The highest BCUT2D eigenvalue weighted by Crippen LogP contribution is 2.31. The van der Waals surface area contributed by atoms with Gasteiger partial charge in [0.15, 0.2) is 0 Å². The van der Waals surface area contributed by atoms with Crippen molar-refractivity contribution in [3.8, 4) is 0 Å². The topological polar surface area (TPSA) is 75.3 Å². The SMILES string of the molecule is Cc1cccc(NS(=O)(=O)c2cc(C(=O)N[C@@H]3CCCc4ccccc43)ccc2Cl)c1C. The summed E-state index contributed by atoms with van der Waals surface area (Å²) in [6.45, 7) is 3.76. The highest BCUT2D eigenvalue weighted by Gasteiger charge is 2.24. The largest absolute Gasteiger partial charge is 0.345 e. The average molecular weight is 469 g/mol. The number of rotatable bonds is 5. The molecule has 3 aromatic carbocycles. The number of carbonyl (C=O) groups excluding carboxylic acids is 1. The quantitative estimate of drug-likeness (QED) is 0.514. The summed E-state index contributed by atoms with van der Waals surface area (Å²) in [5, 5.41) is 3.12. The Balaban J connectivity index is 1.60. The molecular weight excluding hydrogens is 444 g/mol. The summed E-state index contributed by atoms with van der Waals surface area (Å²) < 4.78 is 28.8. The molecule has 32 heavy (non-hydrogen) atoms. The Labute approximate surface area is 193 Å². The lowest BCUT2D eigenvalue weighted by atomic mass is 9.87. The molecular formula is C25H25ClN2O3S. The first-order valence-electron chi connectivity index (χ1n) is 10.5. The first kappa shape index (κ1) is 22.4. The van der Waals surface area contributed by atoms with Crippen LogP contribution in [0.15, 0.2) is 65.6 Å². The van der Waals surface area contributed by atoms with Gasteiger partial charge in [-0.2, -0.15) is 0 Å². The summed E-state index contributed by atoms with van der Waals surface area (Å²) in [5.41, 5.74) is 4.88. The first-order chi connectivity index (χ1) is 15.3. The Hall–Kier alpha value is -2.83. The Morgan fingerprint density at radius 1 is 1.03 bits per heavy atom. The first-order valence-corrected chi connectivity index (χ1v) is 12.4. The smallest absolute Gasteiger partial charge is 0.263 e. The maximum Gasteiger partial charge on any atom is 0.263 e. The molecule has 0 fully saturated rings. The molecule has 1 aliphatic carbocycles. The van der Waals surface area contributed by atoms with Crippen LogP contribution in [0.3, 0.4) is 0 Å². The molecule has 166 valence electrons. The number of amides is 1. The number of fused-ring (bicyclic) bond motifs is 1. The summed E-state index contributed by atoms with van der Waals surface area (Å²) in [5.74, 6) is -0.327.